The molecule has 1 aromatic heterocycles. The number of carbonyl (C=O) groups excluding carboxylic acids is 1. The Kier molecular flexibility index (Phi) is 6.88. The van der Waals surface area contributed by atoms with Crippen LogP contribution in [0.1, 0.15) is 0 Å². The summed E-state index contributed by atoms with van der Waals surface area (Å²) in [5.74, 6) is 1.08. The van der Waals surface area contributed by atoms with Gasteiger partial charge in [-0.3, -0.25) is 4.79 Å². The largest absolute Gasteiger partial charge is 0.497 e. The van der Waals surface area contributed by atoms with Crippen molar-refractivity contribution in [3.63, 3.8) is 0 Å². The van der Waals surface area contributed by atoms with E-state index in [0.717, 1.165) is 17.0 Å². The third-order valence-corrected chi connectivity index (χ3v) is 5.08. The van der Waals surface area contributed by atoms with Crippen LogP contribution in [0.3, 0.4) is 0 Å². The lowest BCUT2D eigenvalue weighted by atomic mass is 10.2. The normalized spacial score (nSPS) is 10.9. The summed E-state index contributed by atoms with van der Waals surface area (Å²) in [6.07, 6.45) is 0. The van der Waals surface area contributed by atoms with Crippen molar-refractivity contribution in [1.29, 1.82) is 0 Å². The van der Waals surface area contributed by atoms with Gasteiger partial charge in [-0.2, -0.15) is 10.2 Å². The van der Waals surface area contributed by atoms with Crippen molar-refractivity contribution in [2.45, 2.75) is 5.22 Å². The van der Waals surface area contributed by atoms with E-state index in [9.17, 15) is 4.79 Å². The molecule has 1 N–H and O–H groups in total. The van der Waals surface area contributed by atoms with Crippen molar-refractivity contribution in [3.05, 3.63) is 78.9 Å². The van der Waals surface area contributed by atoms with Crippen LogP contribution in [-0.4, -0.2) is 29.0 Å². The van der Waals surface area contributed by atoms with Crippen molar-refractivity contribution in [1.82, 2.24) is 10.2 Å². The fraction of sp³-hybridized carbons (Fsp3) is 0.0870. The van der Waals surface area contributed by atoms with Crippen molar-refractivity contribution in [2.75, 3.05) is 18.2 Å². The Bertz CT molecular complexity index is 1190. The van der Waals surface area contributed by atoms with Gasteiger partial charge in [-0.15, -0.1) is 10.2 Å². The number of benzene rings is 3. The molecule has 0 aliphatic rings. The number of nitrogens with one attached hydrogen (secondary N) is 1. The molecule has 0 saturated heterocycles. The summed E-state index contributed by atoms with van der Waals surface area (Å²) in [7, 11) is 1.60. The van der Waals surface area contributed by atoms with E-state index in [0.29, 0.717) is 22.5 Å². The second kappa shape index (κ2) is 10.4. The molecular weight excluding hydrogens is 426 g/mol. The van der Waals surface area contributed by atoms with Crippen LogP contribution in [0, 0.1) is 0 Å². The molecule has 0 aliphatic carbocycles. The van der Waals surface area contributed by atoms with Gasteiger partial charge in [-0.1, -0.05) is 30.0 Å². The predicted molar refractivity (Wildman–Crippen MR) is 123 cm³/mol. The summed E-state index contributed by atoms with van der Waals surface area (Å²) in [5, 5.41) is 19.5. The Balaban J connectivity index is 1.27. The first kappa shape index (κ1) is 21.3. The number of ether oxygens (including phenoxy) is 1. The van der Waals surface area contributed by atoms with Crippen LogP contribution in [0.15, 0.2) is 98.7 Å². The monoisotopic (exact) mass is 445 g/mol. The second-order valence-electron chi connectivity index (χ2n) is 6.52. The lowest BCUT2D eigenvalue weighted by Gasteiger charge is -2.04. The van der Waals surface area contributed by atoms with Crippen LogP contribution in [0.2, 0.25) is 0 Å². The highest BCUT2D eigenvalue weighted by molar-refractivity contribution is 7.99. The highest BCUT2D eigenvalue weighted by atomic mass is 32.2. The number of carbonyl (C=O) groups is 1. The summed E-state index contributed by atoms with van der Waals surface area (Å²) < 4.78 is 10.8. The van der Waals surface area contributed by atoms with Crippen molar-refractivity contribution in [3.8, 4) is 17.2 Å². The van der Waals surface area contributed by atoms with Gasteiger partial charge in [0.15, 0.2) is 0 Å². The molecule has 0 atom stereocenters. The Hall–Kier alpha value is -3.98. The summed E-state index contributed by atoms with van der Waals surface area (Å²) in [5.41, 5.74) is 2.91. The van der Waals surface area contributed by atoms with Gasteiger partial charge in [-0.25, -0.2) is 0 Å². The van der Waals surface area contributed by atoms with Crippen molar-refractivity contribution >= 4 is 34.7 Å². The quantitative estimate of drug-likeness (QED) is 0.268. The first-order chi connectivity index (χ1) is 15.7. The number of amides is 1. The van der Waals surface area contributed by atoms with Gasteiger partial charge in [0.05, 0.1) is 24.2 Å². The molecule has 0 aliphatic heterocycles. The van der Waals surface area contributed by atoms with Crippen LogP contribution in [-0.2, 0) is 4.79 Å². The fourth-order valence-electron chi connectivity index (χ4n) is 2.66. The minimum Gasteiger partial charge on any atom is -0.497 e. The smallest absolute Gasteiger partial charge is 0.277 e. The second-order valence-corrected chi connectivity index (χ2v) is 7.45. The molecule has 4 rings (SSSR count). The number of thioether (sulfide) groups is 1. The Morgan fingerprint density at radius 2 is 1.62 bits per heavy atom. The van der Waals surface area contributed by atoms with Gasteiger partial charge in [-0.05, 0) is 60.7 Å². The number of methoxy groups -OCH3 is 1. The standard InChI is InChI=1S/C23H19N5O3S/c1-30-20-13-7-16(8-14-20)22-27-28-23(31-22)32-15-21(29)24-17-9-11-19(12-10-17)26-25-18-5-3-2-4-6-18/h2-14H,15H2,1H3,(H,24,29). The zero-order valence-electron chi connectivity index (χ0n) is 17.1. The molecule has 4 aromatic rings. The minimum atomic E-state index is -0.183. The Labute approximate surface area is 188 Å². The molecule has 0 fully saturated rings. The molecule has 0 saturated carbocycles. The van der Waals surface area contributed by atoms with Crippen LogP contribution in [0.4, 0.5) is 17.1 Å². The lowest BCUT2D eigenvalue weighted by molar-refractivity contribution is -0.113. The summed E-state index contributed by atoms with van der Waals surface area (Å²) in [6.45, 7) is 0. The molecule has 0 spiro atoms. The van der Waals surface area contributed by atoms with Crippen LogP contribution >= 0.6 is 11.8 Å². The molecule has 0 radical (unpaired) electrons. The van der Waals surface area contributed by atoms with Crippen LogP contribution < -0.4 is 10.1 Å². The number of azo groups is 1. The number of anilines is 1. The molecular formula is C23H19N5O3S. The van der Waals surface area contributed by atoms with Crippen LogP contribution in [0.5, 0.6) is 5.75 Å². The van der Waals surface area contributed by atoms with E-state index in [1.54, 1.807) is 31.4 Å². The van der Waals surface area contributed by atoms with Gasteiger partial charge in [0.1, 0.15) is 5.75 Å². The zero-order valence-corrected chi connectivity index (χ0v) is 18.0. The maximum absolute atomic E-state index is 12.3. The molecule has 9 heteroatoms. The van der Waals surface area contributed by atoms with Gasteiger partial charge in [0.2, 0.25) is 11.8 Å². The van der Waals surface area contributed by atoms with E-state index in [4.69, 9.17) is 9.15 Å². The van der Waals surface area contributed by atoms with E-state index in [2.05, 4.69) is 25.7 Å². The molecule has 160 valence electrons. The average molecular weight is 446 g/mol. The fourth-order valence-corrected chi connectivity index (χ4v) is 3.23. The first-order valence-corrected chi connectivity index (χ1v) is 10.7. The number of nitrogens with zero attached hydrogens (tertiary/aromatic N) is 4. The molecule has 32 heavy (non-hydrogen) atoms. The SMILES string of the molecule is COc1ccc(-c2nnc(SCC(=O)Nc3ccc(N=Nc4ccccc4)cc3)o2)cc1. The molecule has 0 bridgehead atoms. The van der Waals surface area contributed by atoms with Crippen molar-refractivity contribution < 1.29 is 13.9 Å². The number of aromatic nitrogens is 2. The maximum Gasteiger partial charge on any atom is 0.277 e. The summed E-state index contributed by atoms with van der Waals surface area (Å²) in [6, 6.07) is 23.9. The summed E-state index contributed by atoms with van der Waals surface area (Å²) in [4.78, 5) is 12.3. The lowest BCUT2D eigenvalue weighted by Crippen LogP contribution is -2.13. The van der Waals surface area contributed by atoms with Gasteiger partial charge in [0, 0.05) is 11.3 Å². The average Bonchev–Trinajstić information content (AvgIpc) is 3.32. The van der Waals surface area contributed by atoms with E-state index in [1.165, 1.54) is 11.8 Å². The Morgan fingerprint density at radius 1 is 0.938 bits per heavy atom. The third kappa shape index (κ3) is 5.79. The van der Waals surface area contributed by atoms with E-state index in [-0.39, 0.29) is 11.7 Å². The van der Waals surface area contributed by atoms with E-state index < -0.39 is 0 Å². The first-order valence-electron chi connectivity index (χ1n) is 9.67. The highest BCUT2D eigenvalue weighted by Gasteiger charge is 2.11. The molecule has 1 amide bonds. The molecule has 8 nitrogen and oxygen atoms in total. The van der Waals surface area contributed by atoms with E-state index in [1.807, 2.05) is 54.6 Å². The van der Waals surface area contributed by atoms with Gasteiger partial charge >= 0.3 is 0 Å². The topological polar surface area (TPSA) is 102 Å². The van der Waals surface area contributed by atoms with Crippen LogP contribution in [0.25, 0.3) is 11.5 Å². The molecule has 1 heterocycles. The van der Waals surface area contributed by atoms with Gasteiger partial charge < -0.3 is 14.5 Å². The molecule has 0 unspecified atom stereocenters. The predicted octanol–water partition coefficient (Wildman–Crippen LogP) is 5.89. The van der Waals surface area contributed by atoms with Crippen molar-refractivity contribution in [2.24, 2.45) is 10.2 Å². The number of hydrogen-bond acceptors (Lipinski definition) is 8. The maximum atomic E-state index is 12.3. The highest BCUT2D eigenvalue weighted by Crippen LogP contribution is 2.25. The Morgan fingerprint density at radius 3 is 2.31 bits per heavy atom. The summed E-state index contributed by atoms with van der Waals surface area (Å²) >= 11 is 1.17. The molecule has 3 aromatic carbocycles. The third-order valence-electron chi connectivity index (χ3n) is 4.26. The number of hydrogen-bond donors (Lipinski definition) is 1. The number of rotatable bonds is 8. The van der Waals surface area contributed by atoms with E-state index >= 15 is 0 Å². The minimum absolute atomic E-state index is 0.139. The zero-order chi connectivity index (χ0) is 22.2. The van der Waals surface area contributed by atoms with Gasteiger partial charge in [0.25, 0.3) is 5.22 Å².